The number of carbonyl (C=O) groups excluding carboxylic acids is 2. The van der Waals surface area contributed by atoms with Crippen LogP contribution in [0.2, 0.25) is 0 Å². The molecular weight excluding hydrogens is 430 g/mol. The van der Waals surface area contributed by atoms with Gasteiger partial charge in [-0.05, 0) is 55.8 Å². The molecule has 166 valence electrons. The third-order valence-corrected chi connectivity index (χ3v) is 5.22. The lowest BCUT2D eigenvalue weighted by Gasteiger charge is -2.28. The topological polar surface area (TPSA) is 73.9 Å². The average molecular weight is 454 g/mol. The smallest absolute Gasteiger partial charge is 0.343 e. The number of carbonyl (C=O) groups is 2. The Balaban J connectivity index is 0.00000289. The van der Waals surface area contributed by atoms with Gasteiger partial charge in [-0.3, -0.25) is 0 Å². The fourth-order valence-electron chi connectivity index (χ4n) is 3.72. The van der Waals surface area contributed by atoms with Gasteiger partial charge in [0, 0.05) is 11.6 Å². The molecule has 7 heteroatoms. The summed E-state index contributed by atoms with van der Waals surface area (Å²) in [6.45, 7) is 2.80. The van der Waals surface area contributed by atoms with Crippen molar-refractivity contribution in [2.45, 2.75) is 19.4 Å². The molecular formula is C25H24ClNO5. The van der Waals surface area contributed by atoms with Crippen molar-refractivity contribution >= 4 is 24.3 Å². The van der Waals surface area contributed by atoms with Crippen molar-refractivity contribution in [3.8, 4) is 17.2 Å². The molecule has 3 aromatic carbocycles. The zero-order valence-electron chi connectivity index (χ0n) is 17.8. The molecule has 0 saturated carbocycles. The van der Waals surface area contributed by atoms with Gasteiger partial charge in [0.25, 0.3) is 0 Å². The lowest BCUT2D eigenvalue weighted by Crippen LogP contribution is -2.28. The van der Waals surface area contributed by atoms with Crippen molar-refractivity contribution in [1.29, 1.82) is 0 Å². The first-order valence-electron chi connectivity index (χ1n) is 10.1. The summed E-state index contributed by atoms with van der Waals surface area (Å²) in [7, 11) is 1.51. The van der Waals surface area contributed by atoms with Gasteiger partial charge in [0.2, 0.25) is 5.75 Å². The fraction of sp³-hybridized carbons (Fsp3) is 0.200. The normalized spacial score (nSPS) is 14.5. The molecule has 0 spiro atoms. The van der Waals surface area contributed by atoms with Crippen molar-refractivity contribution in [3.63, 3.8) is 0 Å². The second kappa shape index (κ2) is 10.3. The van der Waals surface area contributed by atoms with Gasteiger partial charge < -0.3 is 19.5 Å². The summed E-state index contributed by atoms with van der Waals surface area (Å²) in [6, 6.07) is 19.1. The molecule has 0 amide bonds. The average Bonchev–Trinajstić information content (AvgIpc) is 2.80. The fourth-order valence-corrected chi connectivity index (χ4v) is 3.72. The number of hydrogen-bond acceptors (Lipinski definition) is 6. The first-order valence-corrected chi connectivity index (χ1v) is 10.1. The van der Waals surface area contributed by atoms with Crippen LogP contribution in [-0.4, -0.2) is 25.6 Å². The summed E-state index contributed by atoms with van der Waals surface area (Å²) in [5, 5.41) is 3.38. The van der Waals surface area contributed by atoms with Crippen LogP contribution < -0.4 is 19.5 Å². The van der Waals surface area contributed by atoms with Crippen LogP contribution in [0.15, 0.2) is 66.7 Å². The quantitative estimate of drug-likeness (QED) is 0.443. The SMILES string of the molecule is COc1c(OC(=O)c2ccccc2)c(OC(=O)c2ccccc2)cc2c1C(C)NCC2.Cl. The molecule has 0 fully saturated rings. The zero-order valence-corrected chi connectivity index (χ0v) is 18.6. The van der Waals surface area contributed by atoms with Gasteiger partial charge in [-0.2, -0.15) is 0 Å². The maximum Gasteiger partial charge on any atom is 0.343 e. The maximum absolute atomic E-state index is 12.8. The summed E-state index contributed by atoms with van der Waals surface area (Å²) >= 11 is 0. The maximum atomic E-state index is 12.8. The van der Waals surface area contributed by atoms with Crippen LogP contribution in [0, 0.1) is 0 Å². The molecule has 1 aliphatic rings. The Labute approximate surface area is 192 Å². The Kier molecular flexibility index (Phi) is 7.51. The van der Waals surface area contributed by atoms with Crippen LogP contribution in [0.5, 0.6) is 17.2 Å². The van der Waals surface area contributed by atoms with Crippen LogP contribution >= 0.6 is 12.4 Å². The van der Waals surface area contributed by atoms with Gasteiger partial charge in [-0.1, -0.05) is 36.4 Å². The highest BCUT2D eigenvalue weighted by atomic mass is 35.5. The Morgan fingerprint density at radius 1 is 0.875 bits per heavy atom. The molecule has 1 unspecified atom stereocenters. The number of methoxy groups -OCH3 is 1. The third kappa shape index (κ3) is 4.77. The molecule has 1 aliphatic heterocycles. The van der Waals surface area contributed by atoms with Gasteiger partial charge in [0.05, 0.1) is 18.2 Å². The highest BCUT2D eigenvalue weighted by Crippen LogP contribution is 2.46. The summed E-state index contributed by atoms with van der Waals surface area (Å²) in [4.78, 5) is 25.5. The molecule has 32 heavy (non-hydrogen) atoms. The molecule has 0 radical (unpaired) electrons. The summed E-state index contributed by atoms with van der Waals surface area (Å²) in [5.74, 6) is -0.469. The van der Waals surface area contributed by atoms with E-state index in [1.807, 2.05) is 19.1 Å². The number of nitrogens with one attached hydrogen (secondary N) is 1. The number of fused-ring (bicyclic) bond motifs is 1. The predicted molar refractivity (Wildman–Crippen MR) is 123 cm³/mol. The van der Waals surface area contributed by atoms with Crippen LogP contribution in [0.25, 0.3) is 0 Å². The molecule has 1 N–H and O–H groups in total. The first-order chi connectivity index (χ1) is 15.1. The van der Waals surface area contributed by atoms with Gasteiger partial charge in [0.1, 0.15) is 0 Å². The molecule has 0 aromatic heterocycles. The lowest BCUT2D eigenvalue weighted by atomic mass is 9.93. The van der Waals surface area contributed by atoms with Crippen LogP contribution in [-0.2, 0) is 6.42 Å². The first kappa shape index (κ1) is 23.3. The third-order valence-electron chi connectivity index (χ3n) is 5.22. The van der Waals surface area contributed by atoms with E-state index in [9.17, 15) is 9.59 Å². The summed E-state index contributed by atoms with van der Waals surface area (Å²) < 4.78 is 17.1. The van der Waals surface area contributed by atoms with E-state index in [-0.39, 0.29) is 29.9 Å². The minimum absolute atomic E-state index is 0. The number of hydrogen-bond donors (Lipinski definition) is 1. The van der Waals surface area contributed by atoms with E-state index in [1.54, 1.807) is 54.6 Å². The predicted octanol–water partition coefficient (Wildman–Crippen LogP) is 4.76. The summed E-state index contributed by atoms with van der Waals surface area (Å²) in [5.41, 5.74) is 2.66. The highest BCUT2D eigenvalue weighted by molar-refractivity contribution is 5.94. The Morgan fingerprint density at radius 2 is 1.44 bits per heavy atom. The van der Waals surface area contributed by atoms with Crippen molar-refractivity contribution in [2.24, 2.45) is 0 Å². The molecule has 6 nitrogen and oxygen atoms in total. The molecule has 0 saturated heterocycles. The minimum atomic E-state index is -0.563. The van der Waals surface area contributed by atoms with E-state index in [0.717, 1.165) is 24.1 Å². The zero-order chi connectivity index (χ0) is 21.8. The number of rotatable bonds is 5. The highest BCUT2D eigenvalue weighted by Gasteiger charge is 2.29. The van der Waals surface area contributed by atoms with Crippen LogP contribution in [0.3, 0.4) is 0 Å². The van der Waals surface area contributed by atoms with Gasteiger partial charge >= 0.3 is 11.9 Å². The Hall–Kier alpha value is -3.35. The van der Waals surface area contributed by atoms with Crippen LogP contribution in [0.4, 0.5) is 0 Å². The largest absolute Gasteiger partial charge is 0.492 e. The molecule has 0 bridgehead atoms. The Morgan fingerprint density at radius 3 is 2.00 bits per heavy atom. The Bertz CT molecular complexity index is 1100. The number of benzene rings is 3. The molecule has 1 heterocycles. The number of esters is 2. The van der Waals surface area contributed by atoms with Crippen molar-refractivity contribution in [1.82, 2.24) is 5.32 Å². The van der Waals surface area contributed by atoms with E-state index in [4.69, 9.17) is 14.2 Å². The number of halogens is 1. The van der Waals surface area contributed by atoms with Gasteiger partial charge in [-0.25, -0.2) is 9.59 Å². The van der Waals surface area contributed by atoms with E-state index in [0.29, 0.717) is 16.9 Å². The molecule has 4 rings (SSSR count). The van der Waals surface area contributed by atoms with Gasteiger partial charge in [0.15, 0.2) is 11.5 Å². The van der Waals surface area contributed by atoms with E-state index in [2.05, 4.69) is 5.32 Å². The molecule has 3 aromatic rings. The van der Waals surface area contributed by atoms with Crippen molar-refractivity contribution in [3.05, 3.63) is 89.0 Å². The standard InChI is InChI=1S/C25H23NO5.ClH/c1-16-21-19(13-14-26-16)15-20(30-24(27)17-9-5-3-6-10-17)22(23(21)29-2)31-25(28)18-11-7-4-8-12-18;/h3-12,15-16,26H,13-14H2,1-2H3;1H. The van der Waals surface area contributed by atoms with Crippen molar-refractivity contribution < 1.29 is 23.8 Å². The van der Waals surface area contributed by atoms with E-state index < -0.39 is 11.9 Å². The van der Waals surface area contributed by atoms with E-state index >= 15 is 0 Å². The summed E-state index contributed by atoms with van der Waals surface area (Å²) in [6.07, 6.45) is 0.735. The second-order valence-electron chi connectivity index (χ2n) is 7.25. The monoisotopic (exact) mass is 453 g/mol. The molecule has 1 atom stereocenters. The number of ether oxygens (including phenoxy) is 3. The minimum Gasteiger partial charge on any atom is -0.492 e. The lowest BCUT2D eigenvalue weighted by molar-refractivity contribution is 0.0677. The van der Waals surface area contributed by atoms with Crippen molar-refractivity contribution in [2.75, 3.05) is 13.7 Å². The van der Waals surface area contributed by atoms with E-state index in [1.165, 1.54) is 7.11 Å². The van der Waals surface area contributed by atoms with Gasteiger partial charge in [-0.15, -0.1) is 12.4 Å². The van der Waals surface area contributed by atoms with Crippen LogP contribution in [0.1, 0.15) is 44.8 Å². The second-order valence-corrected chi connectivity index (χ2v) is 7.25. The molecule has 0 aliphatic carbocycles.